The van der Waals surface area contributed by atoms with Crippen LogP contribution < -0.4 is 11.3 Å². The van der Waals surface area contributed by atoms with E-state index < -0.39 is 37.8 Å². The number of hydrogen-bond acceptors (Lipinski definition) is 10. The van der Waals surface area contributed by atoms with Gasteiger partial charge >= 0.3 is 7.75 Å². The smallest absolute Gasteiger partial charge is 0.386 e. The number of fused-ring (bicyclic) bond motifs is 1. The Balaban J connectivity index is 1.58. The number of aromatic nitrogens is 6. The largest absolute Gasteiger partial charge is 0.437 e. The van der Waals surface area contributed by atoms with E-state index in [-0.39, 0.29) is 23.7 Å². The number of hydrogen-bond donors (Lipinski definition) is 4. The molecule has 14 nitrogen and oxygen atoms in total. The van der Waals surface area contributed by atoms with Crippen LogP contribution in [0.15, 0.2) is 29.8 Å². The average molecular weight is 427 g/mol. The molecule has 3 aromatic heterocycles. The molecule has 0 aliphatic carbocycles. The highest BCUT2D eigenvalue weighted by Crippen LogP contribution is 2.44. The van der Waals surface area contributed by atoms with Gasteiger partial charge in [0.1, 0.15) is 24.6 Å². The summed E-state index contributed by atoms with van der Waals surface area (Å²) in [7, 11) is -2.84. The molecule has 0 radical (unpaired) electrons. The third-order valence-electron chi connectivity index (χ3n) is 4.50. The second kappa shape index (κ2) is 7.33. The number of rotatable bonds is 6. The molecule has 1 aliphatic rings. The van der Waals surface area contributed by atoms with Crippen molar-refractivity contribution >= 4 is 24.9 Å². The minimum atomic E-state index is -4.19. The molecule has 0 amide bonds. The van der Waals surface area contributed by atoms with E-state index in [1.54, 1.807) is 0 Å². The van der Waals surface area contributed by atoms with Crippen LogP contribution in [0.2, 0.25) is 0 Å². The van der Waals surface area contributed by atoms with Gasteiger partial charge in [0.15, 0.2) is 17.4 Å². The van der Waals surface area contributed by atoms with Crippen molar-refractivity contribution < 1.29 is 28.6 Å². The maximum absolute atomic E-state index is 12.3. The quantitative estimate of drug-likeness (QED) is 0.347. The van der Waals surface area contributed by atoms with Crippen molar-refractivity contribution in [3.8, 4) is 0 Å². The predicted molar refractivity (Wildman–Crippen MR) is 96.7 cm³/mol. The second-order valence-electron chi connectivity index (χ2n) is 6.26. The highest BCUT2D eigenvalue weighted by atomic mass is 31.2. The van der Waals surface area contributed by atoms with Crippen LogP contribution in [0.4, 0.5) is 5.95 Å². The number of aliphatic hydroxyl groups excluding tert-OH is 1. The fourth-order valence-electron chi connectivity index (χ4n) is 3.14. The Bertz CT molecular complexity index is 1110. The van der Waals surface area contributed by atoms with Gasteiger partial charge in [-0.2, -0.15) is 4.98 Å². The highest BCUT2D eigenvalue weighted by Gasteiger charge is 2.46. The van der Waals surface area contributed by atoms with Crippen LogP contribution >= 0.6 is 7.75 Å². The van der Waals surface area contributed by atoms with E-state index in [4.69, 9.17) is 19.7 Å². The van der Waals surface area contributed by atoms with Gasteiger partial charge in [-0.1, -0.05) is 0 Å². The Hall–Kier alpha value is -2.61. The number of anilines is 1. The zero-order chi connectivity index (χ0) is 20.8. The van der Waals surface area contributed by atoms with Crippen LogP contribution in [-0.4, -0.2) is 70.9 Å². The third-order valence-corrected chi connectivity index (χ3v) is 5.80. The first-order chi connectivity index (χ1) is 13.8. The van der Waals surface area contributed by atoms with Crippen molar-refractivity contribution in [1.29, 1.82) is 0 Å². The Morgan fingerprint density at radius 2 is 2.24 bits per heavy atom. The van der Waals surface area contributed by atoms with E-state index in [9.17, 15) is 19.4 Å². The fraction of sp³-hybridized carbons (Fsp3) is 0.429. The van der Waals surface area contributed by atoms with Gasteiger partial charge in [0.2, 0.25) is 5.95 Å². The first-order valence-electron chi connectivity index (χ1n) is 8.36. The summed E-state index contributed by atoms with van der Waals surface area (Å²) >= 11 is 0. The predicted octanol–water partition coefficient (Wildman–Crippen LogP) is -1.16. The molecule has 1 aliphatic heterocycles. The summed E-state index contributed by atoms with van der Waals surface area (Å²) in [6.45, 7) is -0.360. The third kappa shape index (κ3) is 3.46. The Morgan fingerprint density at radius 3 is 2.93 bits per heavy atom. The van der Waals surface area contributed by atoms with Crippen LogP contribution in [0.5, 0.6) is 0 Å². The van der Waals surface area contributed by atoms with Crippen LogP contribution in [0.3, 0.4) is 0 Å². The zero-order valence-corrected chi connectivity index (χ0v) is 15.9. The SMILES string of the molecule is CO[C@@H]1C(O)[C@H](n2cnc3c(=O)[nH]c(N)nc32)O[C@@H]1COP(=O)(O)n1ccnc1. The number of nitrogens with two attached hydrogens (primary N) is 1. The van der Waals surface area contributed by atoms with Gasteiger partial charge in [0.05, 0.1) is 12.9 Å². The number of nitrogens with one attached hydrogen (secondary N) is 1. The lowest BCUT2D eigenvalue weighted by Crippen LogP contribution is -2.35. The zero-order valence-electron chi connectivity index (χ0n) is 15.0. The monoisotopic (exact) mass is 427 g/mol. The van der Waals surface area contributed by atoms with Gasteiger partial charge in [0.25, 0.3) is 5.56 Å². The van der Waals surface area contributed by atoms with Gasteiger partial charge in [-0.15, -0.1) is 0 Å². The molecule has 29 heavy (non-hydrogen) atoms. The number of H-pyrrole nitrogens is 1. The Kier molecular flexibility index (Phi) is 4.98. The molecule has 0 bridgehead atoms. The van der Waals surface area contributed by atoms with Crippen LogP contribution in [0.1, 0.15) is 6.23 Å². The van der Waals surface area contributed by atoms with Gasteiger partial charge in [-0.25, -0.2) is 18.9 Å². The minimum Gasteiger partial charge on any atom is -0.386 e. The lowest BCUT2D eigenvalue weighted by molar-refractivity contribution is -0.0508. The lowest BCUT2D eigenvalue weighted by Gasteiger charge is -2.20. The highest BCUT2D eigenvalue weighted by molar-refractivity contribution is 7.51. The maximum Gasteiger partial charge on any atom is 0.437 e. The number of methoxy groups -OCH3 is 1. The molecule has 15 heteroatoms. The minimum absolute atomic E-state index is 0.0173. The molecule has 1 fully saturated rings. The number of ether oxygens (including phenoxy) is 2. The topological polar surface area (TPSA) is 193 Å². The molecule has 0 aromatic carbocycles. The summed E-state index contributed by atoms with van der Waals surface area (Å²) in [5.74, 6) is -0.124. The molecule has 5 N–H and O–H groups in total. The molecule has 1 saturated heterocycles. The van der Waals surface area contributed by atoms with E-state index in [0.29, 0.717) is 0 Å². The van der Waals surface area contributed by atoms with Crippen molar-refractivity contribution in [1.82, 2.24) is 28.8 Å². The molecule has 4 rings (SSSR count). The number of imidazole rings is 2. The molecule has 3 aromatic rings. The summed E-state index contributed by atoms with van der Waals surface area (Å²) in [6.07, 6.45) is 0.998. The Labute approximate surface area is 162 Å². The van der Waals surface area contributed by atoms with E-state index in [0.717, 1.165) is 10.7 Å². The summed E-state index contributed by atoms with van der Waals surface area (Å²) in [5.41, 5.74) is 5.17. The fourth-order valence-corrected chi connectivity index (χ4v) is 4.04. The summed E-state index contributed by atoms with van der Waals surface area (Å²) in [6, 6.07) is 0. The van der Waals surface area contributed by atoms with Gasteiger partial charge < -0.3 is 25.2 Å². The standard InChI is InChI=1S/C14H18N7O7P/c1-26-10-7(4-27-29(24,25)20-3-2-16-5-20)28-13(9(10)22)21-6-17-8-11(21)18-14(15)19-12(8)23/h2-3,5-7,9-10,13,22H,4H2,1H3,(H,24,25)(H3,15,18,19,23)/t7-,9?,10+,13-/m1/s1. The summed E-state index contributed by atoms with van der Waals surface area (Å²) in [5, 5.41) is 10.7. The normalized spacial score (nSPS) is 26.7. The molecular weight excluding hydrogens is 409 g/mol. The van der Waals surface area contributed by atoms with E-state index in [2.05, 4.69) is 19.9 Å². The van der Waals surface area contributed by atoms with Crippen molar-refractivity contribution in [2.24, 2.45) is 0 Å². The number of nitrogen functional groups attached to an aromatic ring is 1. The lowest BCUT2D eigenvalue weighted by atomic mass is 10.1. The van der Waals surface area contributed by atoms with Crippen LogP contribution in [0, 0.1) is 0 Å². The molecule has 0 spiro atoms. The van der Waals surface area contributed by atoms with Crippen molar-refractivity contribution in [3.05, 3.63) is 35.4 Å². The molecule has 0 saturated carbocycles. The van der Waals surface area contributed by atoms with Gasteiger partial charge in [0, 0.05) is 19.5 Å². The van der Waals surface area contributed by atoms with Crippen molar-refractivity contribution in [2.75, 3.05) is 19.5 Å². The maximum atomic E-state index is 12.3. The van der Waals surface area contributed by atoms with Crippen LogP contribution in [0.25, 0.3) is 11.2 Å². The summed E-state index contributed by atoms with van der Waals surface area (Å²) < 4.78 is 30.8. The Morgan fingerprint density at radius 1 is 1.45 bits per heavy atom. The number of aliphatic hydroxyl groups is 1. The molecule has 4 heterocycles. The van der Waals surface area contributed by atoms with E-state index >= 15 is 0 Å². The van der Waals surface area contributed by atoms with E-state index in [1.165, 1.54) is 30.4 Å². The number of aromatic amines is 1. The molecule has 156 valence electrons. The van der Waals surface area contributed by atoms with Crippen molar-refractivity contribution in [2.45, 2.75) is 24.5 Å². The van der Waals surface area contributed by atoms with E-state index in [1.807, 2.05) is 0 Å². The van der Waals surface area contributed by atoms with Crippen LogP contribution in [-0.2, 0) is 18.6 Å². The first kappa shape index (κ1) is 19.7. The van der Waals surface area contributed by atoms with Crippen molar-refractivity contribution in [3.63, 3.8) is 0 Å². The number of nitrogens with zero attached hydrogens (tertiary/aromatic N) is 5. The average Bonchev–Trinajstić information content (AvgIpc) is 3.39. The molecule has 2 unspecified atom stereocenters. The van der Waals surface area contributed by atoms with Gasteiger partial charge in [-0.05, 0) is 0 Å². The first-order valence-corrected chi connectivity index (χ1v) is 9.89. The second-order valence-corrected chi connectivity index (χ2v) is 7.96. The molecule has 5 atom stereocenters. The summed E-state index contributed by atoms with van der Waals surface area (Å²) in [4.78, 5) is 36.0. The van der Waals surface area contributed by atoms with Gasteiger partial charge in [-0.3, -0.25) is 18.9 Å². The molecular formula is C14H18N7O7P.